The number of rotatable bonds is 7. The average Bonchev–Trinajstić information content (AvgIpc) is 2.58. The summed E-state index contributed by atoms with van der Waals surface area (Å²) in [5.41, 5.74) is 0.433. The summed E-state index contributed by atoms with van der Waals surface area (Å²) < 4.78 is 13.8. The van der Waals surface area contributed by atoms with Crippen LogP contribution >= 0.6 is 0 Å². The van der Waals surface area contributed by atoms with Crippen LogP contribution in [0, 0.1) is 0 Å². The maximum atomic E-state index is 10.5. The first-order chi connectivity index (χ1) is 11.8. The second-order valence-electron chi connectivity index (χ2n) is 5.19. The third kappa shape index (κ3) is 16.3. The van der Waals surface area contributed by atoms with Crippen LogP contribution in [0.5, 0.6) is 0 Å². The number of unbranched alkanes of at least 4 members (excludes halogenated alkanes) is 1. The van der Waals surface area contributed by atoms with Crippen molar-refractivity contribution < 1.29 is 28.6 Å². The van der Waals surface area contributed by atoms with Gasteiger partial charge in [-0.25, -0.2) is 14.4 Å². The van der Waals surface area contributed by atoms with E-state index >= 15 is 0 Å². The van der Waals surface area contributed by atoms with Crippen LogP contribution in [0.1, 0.15) is 46.0 Å². The van der Waals surface area contributed by atoms with Gasteiger partial charge in [-0.3, -0.25) is 0 Å². The topological polar surface area (TPSA) is 78.9 Å². The van der Waals surface area contributed by atoms with Crippen molar-refractivity contribution in [3.05, 3.63) is 37.5 Å². The minimum Gasteiger partial charge on any atom is -0.466 e. The van der Waals surface area contributed by atoms with Gasteiger partial charge in [0.25, 0.3) is 0 Å². The lowest BCUT2D eigenvalue weighted by Gasteiger charge is -2.24. The number of carbonyl (C=O) groups is 3. The van der Waals surface area contributed by atoms with E-state index in [2.05, 4.69) is 29.2 Å². The smallest absolute Gasteiger partial charge is 0.332 e. The molecule has 0 aromatic carbocycles. The van der Waals surface area contributed by atoms with Crippen LogP contribution in [0.4, 0.5) is 0 Å². The lowest BCUT2D eigenvalue weighted by Crippen LogP contribution is -2.23. The van der Waals surface area contributed by atoms with Gasteiger partial charge in [0.1, 0.15) is 6.10 Å². The van der Waals surface area contributed by atoms with Crippen molar-refractivity contribution in [1.29, 1.82) is 0 Å². The minimum atomic E-state index is -0.347. The van der Waals surface area contributed by atoms with Crippen LogP contribution in [0.3, 0.4) is 0 Å². The molecule has 0 heterocycles. The maximum absolute atomic E-state index is 10.5. The van der Waals surface area contributed by atoms with E-state index in [-0.39, 0.29) is 24.0 Å². The Hall–Kier alpha value is -2.37. The molecule has 6 heteroatoms. The molecule has 0 N–H and O–H groups in total. The van der Waals surface area contributed by atoms with Gasteiger partial charge >= 0.3 is 17.9 Å². The minimum absolute atomic E-state index is 0.190. The van der Waals surface area contributed by atoms with E-state index in [1.807, 2.05) is 6.92 Å². The summed E-state index contributed by atoms with van der Waals surface area (Å²) in [5.74, 6) is -0.969. The number of hydrogen-bond donors (Lipinski definition) is 0. The summed E-state index contributed by atoms with van der Waals surface area (Å²) in [4.78, 5) is 31.0. The normalized spacial score (nSPS) is 11.8. The highest BCUT2D eigenvalue weighted by atomic mass is 16.5. The number of esters is 3. The molecule has 6 nitrogen and oxygen atoms in total. The standard InChI is InChI=1S/C7H10O2.C7H12O2.C5H8O2/c1-2-7(8)9-6-4-3-5-6;1-3-5-6-9-7(8)4-2;1-4(2)5(6)7-3/h2,6H,1,3-5H2;4H,2-3,5-6H2,1H3;1H2,2-3H3. The number of ether oxygens (including phenoxy) is 3. The monoisotopic (exact) mass is 354 g/mol. The molecule has 0 radical (unpaired) electrons. The molecule has 0 spiro atoms. The third-order valence-electron chi connectivity index (χ3n) is 2.94. The van der Waals surface area contributed by atoms with Crippen molar-refractivity contribution in [3.63, 3.8) is 0 Å². The van der Waals surface area contributed by atoms with Crippen LogP contribution in [0.25, 0.3) is 0 Å². The van der Waals surface area contributed by atoms with Crippen LogP contribution in [0.2, 0.25) is 0 Å². The van der Waals surface area contributed by atoms with E-state index in [0.717, 1.165) is 25.7 Å². The quantitative estimate of drug-likeness (QED) is 0.301. The number of methoxy groups -OCH3 is 1. The molecule has 0 aliphatic heterocycles. The lowest BCUT2D eigenvalue weighted by molar-refractivity contribution is -0.146. The molecule has 0 amide bonds. The lowest BCUT2D eigenvalue weighted by atomic mass is 9.96. The highest BCUT2D eigenvalue weighted by Gasteiger charge is 2.19. The van der Waals surface area contributed by atoms with Crippen molar-refractivity contribution in [2.24, 2.45) is 0 Å². The number of carbonyl (C=O) groups excluding carboxylic acids is 3. The van der Waals surface area contributed by atoms with E-state index in [1.165, 1.54) is 25.7 Å². The van der Waals surface area contributed by atoms with Gasteiger partial charge in [0.15, 0.2) is 0 Å². The largest absolute Gasteiger partial charge is 0.466 e. The predicted octanol–water partition coefficient (Wildman–Crippen LogP) is 3.52. The Bertz CT molecular complexity index is 449. The second kappa shape index (κ2) is 16.5. The molecule has 0 aromatic heterocycles. The molecule has 1 saturated carbocycles. The van der Waals surface area contributed by atoms with Gasteiger partial charge in [0.05, 0.1) is 13.7 Å². The van der Waals surface area contributed by atoms with Gasteiger partial charge in [-0.1, -0.05) is 33.1 Å². The highest BCUT2D eigenvalue weighted by molar-refractivity contribution is 5.86. The molecule has 0 atom stereocenters. The Morgan fingerprint density at radius 2 is 1.68 bits per heavy atom. The molecule has 142 valence electrons. The van der Waals surface area contributed by atoms with Gasteiger partial charge in [0, 0.05) is 17.7 Å². The zero-order chi connectivity index (χ0) is 19.7. The molecule has 1 fully saturated rings. The molecule has 0 unspecified atom stereocenters. The molecule has 1 rings (SSSR count). The summed E-state index contributed by atoms with van der Waals surface area (Å²) in [7, 11) is 1.33. The predicted molar refractivity (Wildman–Crippen MR) is 96.8 cm³/mol. The van der Waals surface area contributed by atoms with Crippen molar-refractivity contribution >= 4 is 17.9 Å². The zero-order valence-electron chi connectivity index (χ0n) is 15.5. The molecular weight excluding hydrogens is 324 g/mol. The summed E-state index contributed by atoms with van der Waals surface area (Å²) in [6.45, 7) is 14.1. The Kier molecular flexibility index (Phi) is 16.4. The van der Waals surface area contributed by atoms with Crippen molar-refractivity contribution in [2.75, 3.05) is 13.7 Å². The van der Waals surface area contributed by atoms with Gasteiger partial charge in [0.2, 0.25) is 0 Å². The fraction of sp³-hybridized carbons (Fsp3) is 0.526. The highest BCUT2D eigenvalue weighted by Crippen LogP contribution is 2.21. The first-order valence-corrected chi connectivity index (χ1v) is 8.18. The van der Waals surface area contributed by atoms with Crippen LogP contribution in [-0.4, -0.2) is 37.7 Å². The Morgan fingerprint density at radius 1 is 1.12 bits per heavy atom. The first kappa shape index (κ1) is 24.9. The van der Waals surface area contributed by atoms with Crippen molar-refractivity contribution in [2.45, 2.75) is 52.1 Å². The number of hydrogen-bond acceptors (Lipinski definition) is 6. The average molecular weight is 354 g/mol. The van der Waals surface area contributed by atoms with Crippen molar-refractivity contribution in [1.82, 2.24) is 0 Å². The molecule has 1 aliphatic rings. The van der Waals surface area contributed by atoms with Gasteiger partial charge in [-0.2, -0.15) is 0 Å². The fourth-order valence-corrected chi connectivity index (χ4v) is 1.25. The third-order valence-corrected chi connectivity index (χ3v) is 2.94. The summed E-state index contributed by atoms with van der Waals surface area (Å²) >= 11 is 0. The maximum Gasteiger partial charge on any atom is 0.332 e. The van der Waals surface area contributed by atoms with Crippen LogP contribution in [0.15, 0.2) is 37.5 Å². The van der Waals surface area contributed by atoms with Crippen LogP contribution in [-0.2, 0) is 28.6 Å². The van der Waals surface area contributed by atoms with E-state index in [4.69, 9.17) is 4.74 Å². The van der Waals surface area contributed by atoms with E-state index in [0.29, 0.717) is 12.2 Å². The van der Waals surface area contributed by atoms with Gasteiger partial charge in [-0.15, -0.1) is 0 Å². The van der Waals surface area contributed by atoms with E-state index < -0.39 is 0 Å². The molecule has 0 aromatic rings. The van der Waals surface area contributed by atoms with E-state index in [1.54, 1.807) is 6.92 Å². The molecular formula is C19H30O6. The SMILES string of the molecule is C=C(C)C(=O)OC.C=CC(=O)OC1CCC1.C=CC(=O)OCCCC. The summed E-state index contributed by atoms with van der Waals surface area (Å²) in [6.07, 6.45) is 7.79. The Morgan fingerprint density at radius 3 is 1.96 bits per heavy atom. The van der Waals surface area contributed by atoms with Crippen LogP contribution < -0.4 is 0 Å². The molecule has 25 heavy (non-hydrogen) atoms. The zero-order valence-corrected chi connectivity index (χ0v) is 15.5. The molecule has 0 saturated heterocycles. The Labute approximate surface area is 150 Å². The first-order valence-electron chi connectivity index (χ1n) is 8.18. The Balaban J connectivity index is 0. The fourth-order valence-electron chi connectivity index (χ4n) is 1.25. The second-order valence-corrected chi connectivity index (χ2v) is 5.19. The summed E-state index contributed by atoms with van der Waals surface area (Å²) in [6, 6.07) is 0. The van der Waals surface area contributed by atoms with E-state index in [9.17, 15) is 14.4 Å². The molecule has 1 aliphatic carbocycles. The van der Waals surface area contributed by atoms with Crippen molar-refractivity contribution in [3.8, 4) is 0 Å². The van der Waals surface area contributed by atoms with Gasteiger partial charge in [-0.05, 0) is 32.6 Å². The summed E-state index contributed by atoms with van der Waals surface area (Å²) in [5, 5.41) is 0. The molecule has 0 bridgehead atoms. The van der Waals surface area contributed by atoms with Gasteiger partial charge < -0.3 is 14.2 Å².